The Morgan fingerprint density at radius 2 is 1.77 bits per heavy atom. The average molecular weight is 407 g/mol. The molecule has 0 atom stereocenters. The maximum Gasteiger partial charge on any atom is 0.310 e. The summed E-state index contributed by atoms with van der Waals surface area (Å²) in [6.45, 7) is 10.1. The molecule has 2 aliphatic rings. The largest absolute Gasteiger partial charge is 0.481 e. The minimum Gasteiger partial charge on any atom is -0.481 e. The van der Waals surface area contributed by atoms with Crippen LogP contribution in [0.2, 0.25) is 0 Å². The monoisotopic (exact) mass is 406 g/mol. The Bertz CT molecular complexity index is 1000. The van der Waals surface area contributed by atoms with Gasteiger partial charge in [-0.2, -0.15) is 0 Å². The SMILES string of the molecule is Cc1ccc2c(c1)Oc1ccc(C)cc1C(C1CCN(CC(C)(C)C(=O)O)CC1)=N2. The fourth-order valence-corrected chi connectivity index (χ4v) is 4.34. The first kappa shape index (κ1) is 20.6. The number of benzene rings is 2. The molecule has 0 aromatic heterocycles. The summed E-state index contributed by atoms with van der Waals surface area (Å²) in [5.74, 6) is 1.24. The highest BCUT2D eigenvalue weighted by Gasteiger charge is 2.33. The molecule has 0 bridgehead atoms. The molecular formula is C25H30N2O3. The van der Waals surface area contributed by atoms with E-state index in [1.54, 1.807) is 13.8 Å². The molecule has 1 N–H and O–H groups in total. The zero-order valence-corrected chi connectivity index (χ0v) is 18.2. The molecule has 2 aromatic rings. The van der Waals surface area contributed by atoms with Crippen LogP contribution in [-0.4, -0.2) is 41.3 Å². The highest BCUT2D eigenvalue weighted by Crippen LogP contribution is 2.41. The summed E-state index contributed by atoms with van der Waals surface area (Å²) in [4.78, 5) is 18.9. The number of carboxylic acids is 1. The fourth-order valence-electron chi connectivity index (χ4n) is 4.34. The summed E-state index contributed by atoms with van der Waals surface area (Å²) in [6, 6.07) is 12.4. The number of piperidine rings is 1. The first-order valence-corrected chi connectivity index (χ1v) is 10.7. The van der Waals surface area contributed by atoms with Crippen molar-refractivity contribution in [2.45, 2.75) is 40.5 Å². The summed E-state index contributed by atoms with van der Waals surface area (Å²) >= 11 is 0. The molecule has 0 saturated carbocycles. The van der Waals surface area contributed by atoms with Gasteiger partial charge in [-0.05, 0) is 83.5 Å². The first-order valence-electron chi connectivity index (χ1n) is 10.7. The second-order valence-electron chi connectivity index (χ2n) is 9.31. The topological polar surface area (TPSA) is 62.1 Å². The Hall–Kier alpha value is -2.66. The van der Waals surface area contributed by atoms with Crippen LogP contribution < -0.4 is 4.74 Å². The molecule has 0 aliphatic carbocycles. The number of aliphatic carboxylic acids is 1. The highest BCUT2D eigenvalue weighted by molar-refractivity contribution is 6.07. The molecule has 4 rings (SSSR count). The van der Waals surface area contributed by atoms with Gasteiger partial charge in [0.05, 0.1) is 11.1 Å². The van der Waals surface area contributed by atoms with Gasteiger partial charge in [-0.3, -0.25) is 4.79 Å². The maximum atomic E-state index is 11.5. The third-order valence-electron chi connectivity index (χ3n) is 6.16. The van der Waals surface area contributed by atoms with Gasteiger partial charge in [-0.15, -0.1) is 0 Å². The van der Waals surface area contributed by atoms with Gasteiger partial charge in [-0.25, -0.2) is 4.99 Å². The molecular weight excluding hydrogens is 376 g/mol. The maximum absolute atomic E-state index is 11.5. The van der Waals surface area contributed by atoms with Gasteiger partial charge in [0.1, 0.15) is 11.4 Å². The number of hydrogen-bond acceptors (Lipinski definition) is 4. The van der Waals surface area contributed by atoms with Gasteiger partial charge in [0.15, 0.2) is 5.75 Å². The quantitative estimate of drug-likeness (QED) is 0.743. The molecule has 158 valence electrons. The molecule has 5 nitrogen and oxygen atoms in total. The molecule has 2 aromatic carbocycles. The summed E-state index contributed by atoms with van der Waals surface area (Å²) < 4.78 is 6.28. The second kappa shape index (κ2) is 7.88. The van der Waals surface area contributed by atoms with Gasteiger partial charge < -0.3 is 14.7 Å². The van der Waals surface area contributed by atoms with Crippen LogP contribution in [0, 0.1) is 25.2 Å². The number of aliphatic imine (C=N–C) groups is 1. The van der Waals surface area contributed by atoms with Gasteiger partial charge in [0, 0.05) is 18.0 Å². The number of fused-ring (bicyclic) bond motifs is 2. The summed E-state index contributed by atoms with van der Waals surface area (Å²) in [6.07, 6.45) is 1.92. The van der Waals surface area contributed by atoms with Crippen molar-refractivity contribution in [1.29, 1.82) is 0 Å². The third kappa shape index (κ3) is 4.12. The minimum atomic E-state index is -0.744. The Balaban J connectivity index is 1.62. The molecule has 0 amide bonds. The summed E-state index contributed by atoms with van der Waals surface area (Å²) in [5, 5.41) is 9.45. The van der Waals surface area contributed by atoms with E-state index >= 15 is 0 Å². The summed E-state index contributed by atoms with van der Waals surface area (Å²) in [5.41, 5.74) is 4.64. The zero-order valence-electron chi connectivity index (χ0n) is 18.2. The number of likely N-dealkylation sites (tertiary alicyclic amines) is 1. The van der Waals surface area contributed by atoms with Crippen molar-refractivity contribution < 1.29 is 14.6 Å². The number of carboxylic acid groups (broad SMARTS) is 1. The van der Waals surface area contributed by atoms with Crippen LogP contribution in [0.3, 0.4) is 0 Å². The number of hydrogen-bond donors (Lipinski definition) is 1. The van der Waals surface area contributed by atoms with Crippen LogP contribution in [0.25, 0.3) is 0 Å². The first-order chi connectivity index (χ1) is 14.2. The molecule has 30 heavy (non-hydrogen) atoms. The van der Waals surface area contributed by atoms with Crippen LogP contribution in [-0.2, 0) is 4.79 Å². The lowest BCUT2D eigenvalue weighted by molar-refractivity contribution is -0.148. The lowest BCUT2D eigenvalue weighted by Crippen LogP contribution is -2.44. The van der Waals surface area contributed by atoms with E-state index in [1.807, 2.05) is 18.2 Å². The van der Waals surface area contributed by atoms with E-state index in [9.17, 15) is 9.90 Å². The fraction of sp³-hybridized carbons (Fsp3) is 0.440. The summed E-state index contributed by atoms with van der Waals surface area (Å²) in [7, 11) is 0. The van der Waals surface area contributed by atoms with E-state index in [-0.39, 0.29) is 0 Å². The predicted octanol–water partition coefficient (Wildman–Crippen LogP) is 5.35. The number of carbonyl (C=O) groups is 1. The Labute approximate surface area is 178 Å². The standard InChI is InChI=1S/C25H30N2O3/c1-16-6-8-21-19(13-16)23(26-20-7-5-17(2)14-22(20)30-21)18-9-11-27(12-10-18)15-25(3,4)24(28)29/h5-8,13-14,18H,9-12,15H2,1-4H3,(H,28,29). The second-order valence-corrected chi connectivity index (χ2v) is 9.31. The molecule has 0 spiro atoms. The van der Waals surface area contributed by atoms with E-state index in [4.69, 9.17) is 9.73 Å². The third-order valence-corrected chi connectivity index (χ3v) is 6.16. The van der Waals surface area contributed by atoms with Crippen LogP contribution in [0.4, 0.5) is 5.69 Å². The molecule has 0 unspecified atom stereocenters. The number of rotatable bonds is 4. The number of ether oxygens (including phenoxy) is 1. The molecule has 2 heterocycles. The smallest absolute Gasteiger partial charge is 0.310 e. The lowest BCUT2D eigenvalue weighted by atomic mass is 9.85. The molecule has 0 radical (unpaired) electrons. The average Bonchev–Trinajstić information content (AvgIpc) is 2.84. The molecule has 1 fully saturated rings. The number of nitrogens with zero attached hydrogens (tertiary/aromatic N) is 2. The van der Waals surface area contributed by atoms with Crippen LogP contribution in [0.1, 0.15) is 43.4 Å². The van der Waals surface area contributed by atoms with Crippen molar-refractivity contribution in [3.05, 3.63) is 53.1 Å². The lowest BCUT2D eigenvalue weighted by Gasteiger charge is -2.36. The number of aryl methyl sites for hydroxylation is 2. The normalized spacial score (nSPS) is 17.4. The van der Waals surface area contributed by atoms with Crippen molar-refractivity contribution in [2.75, 3.05) is 19.6 Å². The van der Waals surface area contributed by atoms with Crippen molar-refractivity contribution in [3.63, 3.8) is 0 Å². The van der Waals surface area contributed by atoms with Crippen LogP contribution in [0.15, 0.2) is 41.4 Å². The van der Waals surface area contributed by atoms with Crippen molar-refractivity contribution in [2.24, 2.45) is 16.3 Å². The van der Waals surface area contributed by atoms with E-state index in [2.05, 4.69) is 36.9 Å². The van der Waals surface area contributed by atoms with Crippen molar-refractivity contribution in [1.82, 2.24) is 4.90 Å². The van der Waals surface area contributed by atoms with Crippen molar-refractivity contribution in [3.8, 4) is 11.5 Å². The Kier molecular flexibility index (Phi) is 5.41. The van der Waals surface area contributed by atoms with Gasteiger partial charge in [0.25, 0.3) is 0 Å². The van der Waals surface area contributed by atoms with E-state index in [0.29, 0.717) is 12.5 Å². The van der Waals surface area contributed by atoms with E-state index < -0.39 is 11.4 Å². The van der Waals surface area contributed by atoms with Crippen LogP contribution >= 0.6 is 0 Å². The van der Waals surface area contributed by atoms with Crippen molar-refractivity contribution >= 4 is 17.4 Å². The van der Waals surface area contributed by atoms with Gasteiger partial charge in [0.2, 0.25) is 0 Å². The van der Waals surface area contributed by atoms with E-state index in [1.165, 1.54) is 5.56 Å². The van der Waals surface area contributed by atoms with E-state index in [0.717, 1.165) is 60.0 Å². The molecule has 1 saturated heterocycles. The Morgan fingerprint density at radius 3 is 2.47 bits per heavy atom. The van der Waals surface area contributed by atoms with Crippen LogP contribution in [0.5, 0.6) is 11.5 Å². The van der Waals surface area contributed by atoms with Gasteiger partial charge in [-0.1, -0.05) is 17.7 Å². The molecule has 2 aliphatic heterocycles. The zero-order chi connectivity index (χ0) is 21.5. The highest BCUT2D eigenvalue weighted by atomic mass is 16.5. The predicted molar refractivity (Wildman–Crippen MR) is 119 cm³/mol. The van der Waals surface area contributed by atoms with Gasteiger partial charge >= 0.3 is 5.97 Å². The minimum absolute atomic E-state index is 0.325. The Morgan fingerprint density at radius 1 is 1.10 bits per heavy atom. The molecule has 5 heteroatoms.